The van der Waals surface area contributed by atoms with Gasteiger partial charge >= 0.3 is 0 Å². The molecule has 1 fully saturated rings. The van der Waals surface area contributed by atoms with Crippen LogP contribution in [0.25, 0.3) is 5.65 Å². The molecule has 2 heterocycles. The van der Waals surface area contributed by atoms with Crippen LogP contribution in [-0.4, -0.2) is 23.0 Å². The van der Waals surface area contributed by atoms with Crippen LogP contribution in [0.5, 0.6) is 0 Å². The van der Waals surface area contributed by atoms with E-state index in [1.54, 1.807) is 34.9 Å². The molecule has 1 aliphatic rings. The van der Waals surface area contributed by atoms with Gasteiger partial charge < -0.3 is 0 Å². The topological polar surface area (TPSA) is 76.4 Å². The molecule has 0 radical (unpaired) electrons. The second-order valence-electron chi connectivity index (χ2n) is 6.49. The lowest BCUT2D eigenvalue weighted by molar-refractivity contribution is 0.443. The Morgan fingerprint density at radius 1 is 1.04 bits per heavy atom. The van der Waals surface area contributed by atoms with E-state index in [2.05, 4.69) is 14.9 Å². The molecule has 0 atom stereocenters. The molecule has 0 saturated heterocycles. The average molecular weight is 356 g/mol. The van der Waals surface area contributed by atoms with Gasteiger partial charge in [0, 0.05) is 6.20 Å². The van der Waals surface area contributed by atoms with Crippen LogP contribution in [0.15, 0.2) is 53.8 Å². The molecule has 3 aromatic rings. The maximum absolute atomic E-state index is 12.7. The molecular weight excluding hydrogens is 336 g/mol. The van der Waals surface area contributed by atoms with E-state index in [4.69, 9.17) is 0 Å². The number of aromatic nitrogens is 3. The van der Waals surface area contributed by atoms with Gasteiger partial charge in [0.25, 0.3) is 10.0 Å². The highest BCUT2D eigenvalue weighted by Gasteiger charge is 2.19. The first-order chi connectivity index (χ1) is 12.1. The van der Waals surface area contributed by atoms with Gasteiger partial charge in [-0.15, -0.1) is 10.2 Å². The Morgan fingerprint density at radius 3 is 2.56 bits per heavy atom. The number of rotatable bonds is 4. The van der Waals surface area contributed by atoms with Gasteiger partial charge in [-0.3, -0.25) is 9.12 Å². The molecule has 0 bridgehead atoms. The summed E-state index contributed by atoms with van der Waals surface area (Å²) in [5.74, 6) is 0.559. The molecule has 4 rings (SSSR count). The van der Waals surface area contributed by atoms with Crippen molar-refractivity contribution in [3.8, 4) is 0 Å². The number of sulfonamides is 1. The van der Waals surface area contributed by atoms with Crippen LogP contribution in [0.3, 0.4) is 0 Å². The maximum atomic E-state index is 12.7. The van der Waals surface area contributed by atoms with Crippen LogP contribution in [-0.2, 0) is 10.0 Å². The van der Waals surface area contributed by atoms with Crippen molar-refractivity contribution >= 4 is 21.4 Å². The van der Waals surface area contributed by atoms with Gasteiger partial charge in [0.15, 0.2) is 5.65 Å². The number of anilines is 1. The third-order valence-electron chi connectivity index (χ3n) is 4.83. The van der Waals surface area contributed by atoms with Crippen molar-refractivity contribution in [3.05, 3.63) is 54.5 Å². The molecular formula is C18H20N4O2S. The fourth-order valence-corrected chi connectivity index (χ4v) is 4.55. The van der Waals surface area contributed by atoms with Gasteiger partial charge in [-0.25, -0.2) is 8.42 Å². The summed E-state index contributed by atoms with van der Waals surface area (Å²) in [6, 6.07) is 10.7. The molecule has 1 saturated carbocycles. The minimum absolute atomic E-state index is 0.258. The van der Waals surface area contributed by atoms with Gasteiger partial charge in [0.2, 0.25) is 0 Å². The van der Waals surface area contributed by atoms with Crippen molar-refractivity contribution in [3.63, 3.8) is 0 Å². The molecule has 0 amide bonds. The number of hydrogen-bond acceptors (Lipinski definition) is 4. The van der Waals surface area contributed by atoms with E-state index in [-0.39, 0.29) is 4.90 Å². The molecule has 1 N–H and O–H groups in total. The van der Waals surface area contributed by atoms with E-state index in [9.17, 15) is 8.42 Å². The normalized spacial score (nSPS) is 16.2. The van der Waals surface area contributed by atoms with Crippen LogP contribution in [0.2, 0.25) is 0 Å². The van der Waals surface area contributed by atoms with Crippen LogP contribution < -0.4 is 4.72 Å². The number of hydrogen-bond donors (Lipinski definition) is 1. The Hall–Kier alpha value is -2.41. The van der Waals surface area contributed by atoms with Crippen molar-refractivity contribution in [2.75, 3.05) is 4.72 Å². The Bertz CT molecular complexity index is 974. The minimum atomic E-state index is -3.66. The lowest BCUT2D eigenvalue weighted by Crippen LogP contribution is -2.14. The van der Waals surface area contributed by atoms with Crippen molar-refractivity contribution in [1.82, 2.24) is 14.6 Å². The van der Waals surface area contributed by atoms with Gasteiger partial charge in [0.1, 0.15) is 6.33 Å². The minimum Gasteiger partial charge on any atom is -0.287 e. The maximum Gasteiger partial charge on any atom is 0.262 e. The summed E-state index contributed by atoms with van der Waals surface area (Å²) < 4.78 is 29.7. The summed E-state index contributed by atoms with van der Waals surface area (Å²) in [7, 11) is -3.66. The summed E-state index contributed by atoms with van der Waals surface area (Å²) in [6.07, 6.45) is 9.51. The first-order valence-corrected chi connectivity index (χ1v) is 10.0. The Balaban J connectivity index is 1.58. The standard InChI is InChI=1S/C18H20N4O2S/c23-25(24,21-17-7-4-12-22-13-19-20-18(17)22)16-10-8-15(9-11-16)14-5-2-1-3-6-14/h4,7-14,21H,1-3,5-6H2. The highest BCUT2D eigenvalue weighted by Crippen LogP contribution is 2.33. The van der Waals surface area contributed by atoms with E-state index < -0.39 is 10.0 Å². The fraction of sp³-hybridized carbons (Fsp3) is 0.333. The van der Waals surface area contributed by atoms with E-state index in [1.807, 2.05) is 12.1 Å². The Kier molecular flexibility index (Phi) is 4.17. The monoisotopic (exact) mass is 356 g/mol. The van der Waals surface area contributed by atoms with Crippen molar-refractivity contribution in [2.45, 2.75) is 42.9 Å². The summed E-state index contributed by atoms with van der Waals surface area (Å²) >= 11 is 0. The second kappa shape index (κ2) is 6.48. The van der Waals surface area contributed by atoms with Gasteiger partial charge in [-0.1, -0.05) is 31.4 Å². The number of pyridine rings is 1. The largest absolute Gasteiger partial charge is 0.287 e. The smallest absolute Gasteiger partial charge is 0.262 e. The van der Waals surface area contributed by atoms with E-state index in [1.165, 1.54) is 44.0 Å². The molecule has 2 aromatic heterocycles. The number of nitrogens with one attached hydrogen (secondary N) is 1. The Labute approximate surface area is 147 Å². The molecule has 1 aromatic carbocycles. The summed E-state index contributed by atoms with van der Waals surface area (Å²) in [6.45, 7) is 0. The lowest BCUT2D eigenvalue weighted by Gasteiger charge is -2.22. The van der Waals surface area contributed by atoms with Crippen LogP contribution in [0.4, 0.5) is 5.69 Å². The van der Waals surface area contributed by atoms with E-state index in [0.29, 0.717) is 17.3 Å². The Morgan fingerprint density at radius 2 is 1.80 bits per heavy atom. The van der Waals surface area contributed by atoms with Gasteiger partial charge in [-0.05, 0) is 48.6 Å². The molecule has 6 nitrogen and oxygen atoms in total. The van der Waals surface area contributed by atoms with Crippen LogP contribution >= 0.6 is 0 Å². The predicted octanol–water partition coefficient (Wildman–Crippen LogP) is 3.58. The van der Waals surface area contributed by atoms with Crippen LogP contribution in [0, 0.1) is 0 Å². The summed E-state index contributed by atoms with van der Waals surface area (Å²) in [5, 5.41) is 7.76. The number of benzene rings is 1. The molecule has 1 aliphatic carbocycles. The zero-order chi connectivity index (χ0) is 17.3. The highest BCUT2D eigenvalue weighted by molar-refractivity contribution is 7.92. The summed E-state index contributed by atoms with van der Waals surface area (Å²) in [4.78, 5) is 0.258. The van der Waals surface area contributed by atoms with E-state index >= 15 is 0 Å². The van der Waals surface area contributed by atoms with Crippen molar-refractivity contribution in [2.24, 2.45) is 0 Å². The SMILES string of the molecule is O=S(=O)(Nc1cccn2cnnc12)c1ccc(C2CCCCC2)cc1. The molecule has 7 heteroatoms. The van der Waals surface area contributed by atoms with E-state index in [0.717, 1.165) is 0 Å². The van der Waals surface area contributed by atoms with Gasteiger partial charge in [-0.2, -0.15) is 0 Å². The average Bonchev–Trinajstić information content (AvgIpc) is 3.12. The molecule has 0 aliphatic heterocycles. The van der Waals surface area contributed by atoms with Crippen molar-refractivity contribution < 1.29 is 8.42 Å². The molecule has 0 unspecified atom stereocenters. The predicted molar refractivity (Wildman–Crippen MR) is 96.1 cm³/mol. The number of nitrogens with zero attached hydrogens (tertiary/aromatic N) is 3. The third-order valence-corrected chi connectivity index (χ3v) is 6.22. The second-order valence-corrected chi connectivity index (χ2v) is 8.18. The zero-order valence-electron chi connectivity index (χ0n) is 13.8. The first kappa shape index (κ1) is 16.1. The highest BCUT2D eigenvalue weighted by atomic mass is 32.2. The summed E-state index contributed by atoms with van der Waals surface area (Å²) in [5.41, 5.74) is 2.12. The zero-order valence-corrected chi connectivity index (χ0v) is 14.6. The first-order valence-electron chi connectivity index (χ1n) is 8.55. The lowest BCUT2D eigenvalue weighted by atomic mass is 9.84. The quantitative estimate of drug-likeness (QED) is 0.775. The molecule has 0 spiro atoms. The third kappa shape index (κ3) is 3.24. The molecule has 25 heavy (non-hydrogen) atoms. The fourth-order valence-electron chi connectivity index (χ4n) is 3.49. The van der Waals surface area contributed by atoms with Crippen LogP contribution in [0.1, 0.15) is 43.6 Å². The van der Waals surface area contributed by atoms with Crippen molar-refractivity contribution in [1.29, 1.82) is 0 Å². The number of fused-ring (bicyclic) bond motifs is 1. The molecule has 130 valence electrons. The van der Waals surface area contributed by atoms with Gasteiger partial charge in [0.05, 0.1) is 10.6 Å².